The van der Waals surface area contributed by atoms with Gasteiger partial charge in [0.05, 0.1) is 11.6 Å². The van der Waals surface area contributed by atoms with E-state index in [9.17, 15) is 4.79 Å². The van der Waals surface area contributed by atoms with E-state index in [1.54, 1.807) is 18.5 Å². The van der Waals surface area contributed by atoms with E-state index in [1.807, 2.05) is 0 Å². The van der Waals surface area contributed by atoms with Crippen molar-refractivity contribution in [3.8, 4) is 0 Å². The van der Waals surface area contributed by atoms with Crippen molar-refractivity contribution in [1.82, 2.24) is 9.97 Å². The van der Waals surface area contributed by atoms with E-state index in [1.165, 1.54) is 0 Å². The van der Waals surface area contributed by atoms with Crippen LogP contribution < -0.4 is 5.56 Å². The Morgan fingerprint density at radius 2 is 2.27 bits per heavy atom. The van der Waals surface area contributed by atoms with E-state index >= 15 is 0 Å². The summed E-state index contributed by atoms with van der Waals surface area (Å²) in [4.78, 5) is 19.4. The van der Waals surface area contributed by atoms with Crippen LogP contribution in [-0.4, -0.2) is 9.97 Å². The Morgan fingerprint density at radius 3 is 3.00 bits per heavy atom. The minimum absolute atomic E-state index is 0.241. The minimum Gasteiger partial charge on any atom is -0.440 e. The molecule has 15 heavy (non-hydrogen) atoms. The average Bonchev–Trinajstić information content (AvgIpc) is 2.16. The molecule has 2 aromatic rings. The molecule has 0 unspecified atom stereocenters. The average molecular weight is 204 g/mol. The lowest BCUT2D eigenvalue weighted by Gasteiger charge is -2.03. The SMILES string of the molecule is CC(C)Cc1nc(=O)c2ccncc2o1. The summed E-state index contributed by atoms with van der Waals surface area (Å²) in [5, 5.41) is 0.484. The predicted octanol–water partition coefficient (Wildman–Crippen LogP) is 1.78. The van der Waals surface area contributed by atoms with Crippen LogP contribution in [0.2, 0.25) is 0 Å². The predicted molar refractivity (Wildman–Crippen MR) is 56.6 cm³/mol. The number of nitrogens with zero attached hydrogens (tertiary/aromatic N) is 2. The third-order valence-corrected chi connectivity index (χ3v) is 2.05. The first-order valence-corrected chi connectivity index (χ1v) is 4.90. The quantitative estimate of drug-likeness (QED) is 0.748. The molecule has 0 bridgehead atoms. The number of rotatable bonds is 2. The smallest absolute Gasteiger partial charge is 0.283 e. The molecule has 2 aromatic heterocycles. The van der Waals surface area contributed by atoms with Crippen LogP contribution >= 0.6 is 0 Å². The molecule has 0 aliphatic carbocycles. The molecule has 4 heteroatoms. The highest BCUT2D eigenvalue weighted by Crippen LogP contribution is 2.10. The summed E-state index contributed by atoms with van der Waals surface area (Å²) in [6, 6.07) is 1.62. The summed E-state index contributed by atoms with van der Waals surface area (Å²) < 4.78 is 5.48. The van der Waals surface area contributed by atoms with E-state index in [0.717, 1.165) is 0 Å². The van der Waals surface area contributed by atoms with E-state index in [4.69, 9.17) is 4.42 Å². The second-order valence-electron chi connectivity index (χ2n) is 3.88. The largest absolute Gasteiger partial charge is 0.440 e. The second kappa shape index (κ2) is 3.81. The van der Waals surface area contributed by atoms with Gasteiger partial charge in [-0.05, 0) is 12.0 Å². The van der Waals surface area contributed by atoms with Gasteiger partial charge in [0.25, 0.3) is 5.56 Å². The van der Waals surface area contributed by atoms with Crippen LogP contribution in [0.25, 0.3) is 11.0 Å². The lowest BCUT2D eigenvalue weighted by molar-refractivity contribution is 0.462. The Labute approximate surface area is 87.0 Å². The van der Waals surface area contributed by atoms with Gasteiger partial charge in [-0.2, -0.15) is 4.98 Å². The number of fused-ring (bicyclic) bond motifs is 1. The Balaban J connectivity index is 2.57. The maximum atomic E-state index is 11.6. The molecule has 0 fully saturated rings. The number of hydrogen-bond donors (Lipinski definition) is 0. The van der Waals surface area contributed by atoms with Crippen LogP contribution in [0.5, 0.6) is 0 Å². The van der Waals surface area contributed by atoms with Crippen molar-refractivity contribution in [3.05, 3.63) is 34.7 Å². The Hall–Kier alpha value is -1.71. The summed E-state index contributed by atoms with van der Waals surface area (Å²) in [5.74, 6) is 0.894. The summed E-state index contributed by atoms with van der Waals surface area (Å²) in [7, 11) is 0. The molecule has 0 amide bonds. The van der Waals surface area contributed by atoms with Gasteiger partial charge in [-0.1, -0.05) is 13.8 Å². The van der Waals surface area contributed by atoms with Crippen molar-refractivity contribution >= 4 is 11.0 Å². The zero-order valence-corrected chi connectivity index (χ0v) is 8.73. The topological polar surface area (TPSA) is 56.0 Å². The zero-order chi connectivity index (χ0) is 10.8. The van der Waals surface area contributed by atoms with Gasteiger partial charge in [-0.25, -0.2) is 0 Å². The maximum Gasteiger partial charge on any atom is 0.283 e. The van der Waals surface area contributed by atoms with Crippen molar-refractivity contribution in [1.29, 1.82) is 0 Å². The molecule has 0 atom stereocenters. The Bertz CT molecular complexity index is 531. The van der Waals surface area contributed by atoms with Gasteiger partial charge >= 0.3 is 0 Å². The highest BCUT2D eigenvalue weighted by atomic mass is 16.3. The van der Waals surface area contributed by atoms with Gasteiger partial charge < -0.3 is 4.42 Å². The van der Waals surface area contributed by atoms with Crippen molar-refractivity contribution in [2.45, 2.75) is 20.3 Å². The van der Waals surface area contributed by atoms with Crippen LogP contribution in [0, 0.1) is 5.92 Å². The fourth-order valence-electron chi connectivity index (χ4n) is 1.40. The third-order valence-electron chi connectivity index (χ3n) is 2.05. The molecule has 0 N–H and O–H groups in total. The first-order chi connectivity index (χ1) is 7.16. The maximum absolute atomic E-state index is 11.6. The first kappa shape index (κ1) is 9.83. The zero-order valence-electron chi connectivity index (χ0n) is 8.73. The van der Waals surface area contributed by atoms with Crippen LogP contribution in [0.4, 0.5) is 0 Å². The van der Waals surface area contributed by atoms with Gasteiger partial charge in [0.1, 0.15) is 0 Å². The summed E-state index contributed by atoms with van der Waals surface area (Å²) >= 11 is 0. The summed E-state index contributed by atoms with van der Waals surface area (Å²) in [6.07, 6.45) is 3.77. The van der Waals surface area contributed by atoms with Crippen LogP contribution in [0.1, 0.15) is 19.7 Å². The number of pyridine rings is 1. The number of aromatic nitrogens is 2. The van der Waals surface area contributed by atoms with E-state index in [2.05, 4.69) is 23.8 Å². The molecule has 0 saturated carbocycles. The fraction of sp³-hybridized carbons (Fsp3) is 0.364. The van der Waals surface area contributed by atoms with Crippen LogP contribution in [0.3, 0.4) is 0 Å². The highest BCUT2D eigenvalue weighted by Gasteiger charge is 2.07. The molecule has 4 nitrogen and oxygen atoms in total. The fourth-order valence-corrected chi connectivity index (χ4v) is 1.40. The second-order valence-corrected chi connectivity index (χ2v) is 3.88. The van der Waals surface area contributed by atoms with Gasteiger partial charge in [0.15, 0.2) is 11.5 Å². The molecule has 0 aliphatic heterocycles. The molecule has 78 valence electrons. The van der Waals surface area contributed by atoms with Gasteiger partial charge in [0, 0.05) is 12.6 Å². The molecule has 0 aliphatic rings. The van der Waals surface area contributed by atoms with E-state index in [-0.39, 0.29) is 5.56 Å². The highest BCUT2D eigenvalue weighted by molar-refractivity contribution is 5.73. The lowest BCUT2D eigenvalue weighted by Crippen LogP contribution is -2.10. The standard InChI is InChI=1S/C11H12N2O2/c1-7(2)5-10-13-11(14)8-3-4-12-6-9(8)15-10/h3-4,6-7H,5H2,1-2H3. The molecule has 2 heterocycles. The normalized spacial score (nSPS) is 11.1. The minimum atomic E-state index is -0.241. The monoisotopic (exact) mass is 204 g/mol. The van der Waals surface area contributed by atoms with Gasteiger partial charge in [-0.3, -0.25) is 9.78 Å². The Kier molecular flexibility index (Phi) is 2.49. The molecular weight excluding hydrogens is 192 g/mol. The molecule has 0 aromatic carbocycles. The van der Waals surface area contributed by atoms with E-state index in [0.29, 0.717) is 29.2 Å². The van der Waals surface area contributed by atoms with Crippen LogP contribution in [0.15, 0.2) is 27.7 Å². The van der Waals surface area contributed by atoms with E-state index < -0.39 is 0 Å². The molecule has 0 radical (unpaired) electrons. The van der Waals surface area contributed by atoms with Crippen molar-refractivity contribution in [2.24, 2.45) is 5.92 Å². The van der Waals surface area contributed by atoms with Gasteiger partial charge in [0.2, 0.25) is 0 Å². The van der Waals surface area contributed by atoms with Crippen LogP contribution in [-0.2, 0) is 6.42 Å². The molecular formula is C11H12N2O2. The van der Waals surface area contributed by atoms with Gasteiger partial charge in [-0.15, -0.1) is 0 Å². The molecule has 2 rings (SSSR count). The van der Waals surface area contributed by atoms with Crippen molar-refractivity contribution < 1.29 is 4.42 Å². The summed E-state index contributed by atoms with van der Waals surface area (Å²) in [5.41, 5.74) is 0.266. The third kappa shape index (κ3) is 2.03. The lowest BCUT2D eigenvalue weighted by atomic mass is 10.1. The Morgan fingerprint density at radius 1 is 1.47 bits per heavy atom. The van der Waals surface area contributed by atoms with Crippen molar-refractivity contribution in [3.63, 3.8) is 0 Å². The first-order valence-electron chi connectivity index (χ1n) is 4.90. The molecule has 0 spiro atoms. The molecule has 0 saturated heterocycles. The summed E-state index contributed by atoms with van der Waals surface area (Å²) in [6.45, 7) is 4.10. The van der Waals surface area contributed by atoms with Crippen molar-refractivity contribution in [2.75, 3.05) is 0 Å². The number of hydrogen-bond acceptors (Lipinski definition) is 4.